The fourth-order valence-electron chi connectivity index (χ4n) is 4.21. The van der Waals surface area contributed by atoms with Crippen molar-refractivity contribution in [2.75, 3.05) is 13.7 Å². The fourth-order valence-corrected chi connectivity index (χ4v) is 5.90. The minimum absolute atomic E-state index is 0.0784. The minimum Gasteiger partial charge on any atom is -0.496 e. The molecule has 1 amide bonds. The normalized spacial score (nSPS) is 13.5. The average molecular weight is 481 g/mol. The molecule has 5 rings (SSSR count). The molecule has 0 fully saturated rings. The largest absolute Gasteiger partial charge is 0.496 e. The molecule has 0 spiro atoms. The number of aromatic nitrogens is 1. The summed E-state index contributed by atoms with van der Waals surface area (Å²) >= 11 is 5.33. The number of carbonyl (C=O) groups excluding carboxylic acids is 1. The Labute approximate surface area is 187 Å². The second-order valence-corrected chi connectivity index (χ2v) is 9.24. The van der Waals surface area contributed by atoms with Crippen molar-refractivity contribution in [2.45, 2.75) is 19.5 Å². The molecule has 2 aromatic heterocycles. The highest BCUT2D eigenvalue weighted by Gasteiger charge is 2.26. The first kappa shape index (κ1) is 19.4. The highest BCUT2D eigenvalue weighted by Crippen LogP contribution is 2.35. The first-order valence-electron chi connectivity index (χ1n) is 9.90. The van der Waals surface area contributed by atoms with Gasteiger partial charge in [0.25, 0.3) is 5.91 Å². The molecule has 6 heteroatoms. The number of thiophene rings is 1. The van der Waals surface area contributed by atoms with E-state index in [0.29, 0.717) is 13.1 Å². The van der Waals surface area contributed by atoms with Gasteiger partial charge in [-0.2, -0.15) is 0 Å². The Kier molecular flexibility index (Phi) is 5.13. The van der Waals surface area contributed by atoms with Gasteiger partial charge in [-0.1, -0.05) is 42.5 Å². The Hall–Kier alpha value is -2.57. The molecule has 0 saturated carbocycles. The van der Waals surface area contributed by atoms with Crippen molar-refractivity contribution in [1.82, 2.24) is 9.47 Å². The first-order chi connectivity index (χ1) is 14.7. The number of fused-ring (bicyclic) bond motifs is 2. The number of ether oxygens (including phenoxy) is 1. The molecule has 4 nitrogen and oxygen atoms in total. The number of methoxy groups -OCH3 is 1. The van der Waals surface area contributed by atoms with Crippen LogP contribution in [0.3, 0.4) is 0 Å². The van der Waals surface area contributed by atoms with Crippen LogP contribution in [0, 0.1) is 0 Å². The molecule has 1 aliphatic heterocycles. The minimum atomic E-state index is 0.0784. The number of halogens is 1. The van der Waals surface area contributed by atoms with E-state index < -0.39 is 0 Å². The smallest absolute Gasteiger partial charge is 0.270 e. The van der Waals surface area contributed by atoms with E-state index in [4.69, 9.17) is 4.74 Å². The third-order valence-electron chi connectivity index (χ3n) is 5.74. The molecule has 0 bridgehead atoms. The van der Waals surface area contributed by atoms with Crippen molar-refractivity contribution in [3.05, 3.63) is 86.8 Å². The zero-order valence-corrected chi connectivity index (χ0v) is 19.0. The summed E-state index contributed by atoms with van der Waals surface area (Å²) in [4.78, 5) is 15.6. The van der Waals surface area contributed by atoms with E-state index in [0.717, 1.165) is 44.7 Å². The Bertz CT molecular complexity index is 1240. The highest BCUT2D eigenvalue weighted by atomic mass is 79.9. The molecule has 152 valence electrons. The van der Waals surface area contributed by atoms with Crippen LogP contribution in [0.25, 0.3) is 10.2 Å². The van der Waals surface area contributed by atoms with Gasteiger partial charge < -0.3 is 14.2 Å². The van der Waals surface area contributed by atoms with Gasteiger partial charge in [0.1, 0.15) is 11.4 Å². The van der Waals surface area contributed by atoms with Gasteiger partial charge in [0, 0.05) is 24.0 Å². The van der Waals surface area contributed by atoms with Crippen LogP contribution in [-0.4, -0.2) is 29.0 Å². The molecule has 0 radical (unpaired) electrons. The average Bonchev–Trinajstić information content (AvgIpc) is 3.33. The number of nitrogens with zero attached hydrogens (tertiary/aromatic N) is 2. The summed E-state index contributed by atoms with van der Waals surface area (Å²) in [5.41, 5.74) is 5.42. The van der Waals surface area contributed by atoms with Gasteiger partial charge in [0.15, 0.2) is 0 Å². The third-order valence-corrected chi connectivity index (χ3v) is 7.56. The fraction of sp³-hybridized carbons (Fsp3) is 0.208. The Morgan fingerprint density at radius 3 is 2.73 bits per heavy atom. The molecule has 2 aromatic carbocycles. The van der Waals surface area contributed by atoms with E-state index in [1.165, 1.54) is 11.1 Å². The standard InChI is InChI=1S/C24H21BrN2O2S/c1-29-21-9-5-4-8-18(21)14-27-20(12-22-23(27)19(25)15-30-22)24(28)26-11-10-16-6-2-3-7-17(16)13-26/h2-9,12,15H,10-11,13-14H2,1H3. The predicted octanol–water partition coefficient (Wildman–Crippen LogP) is 5.72. The predicted molar refractivity (Wildman–Crippen MR) is 124 cm³/mol. The van der Waals surface area contributed by atoms with Gasteiger partial charge in [-0.15, -0.1) is 11.3 Å². The number of amides is 1. The lowest BCUT2D eigenvalue weighted by molar-refractivity contribution is 0.0724. The Morgan fingerprint density at radius 1 is 1.13 bits per heavy atom. The molecular formula is C24H21BrN2O2S. The van der Waals surface area contributed by atoms with Gasteiger partial charge in [-0.05, 0) is 45.6 Å². The third kappa shape index (κ3) is 3.34. The van der Waals surface area contributed by atoms with Crippen molar-refractivity contribution >= 4 is 43.4 Å². The SMILES string of the molecule is COc1ccccc1Cn1c(C(=O)N2CCc3ccccc3C2)cc2scc(Br)c21. The highest BCUT2D eigenvalue weighted by molar-refractivity contribution is 9.10. The van der Waals surface area contributed by atoms with Crippen LogP contribution < -0.4 is 4.74 Å². The zero-order valence-electron chi connectivity index (χ0n) is 16.6. The molecule has 30 heavy (non-hydrogen) atoms. The number of hydrogen-bond donors (Lipinski definition) is 0. The molecule has 3 heterocycles. The monoisotopic (exact) mass is 480 g/mol. The quantitative estimate of drug-likeness (QED) is 0.374. The van der Waals surface area contributed by atoms with Crippen molar-refractivity contribution in [1.29, 1.82) is 0 Å². The topological polar surface area (TPSA) is 34.5 Å². The van der Waals surface area contributed by atoms with E-state index in [-0.39, 0.29) is 5.91 Å². The summed E-state index contributed by atoms with van der Waals surface area (Å²) in [5, 5.41) is 2.08. The molecule has 0 saturated heterocycles. The molecular weight excluding hydrogens is 460 g/mol. The molecule has 0 N–H and O–H groups in total. The van der Waals surface area contributed by atoms with Crippen LogP contribution in [0.2, 0.25) is 0 Å². The summed E-state index contributed by atoms with van der Waals surface area (Å²) in [7, 11) is 1.68. The molecule has 1 aliphatic rings. The van der Waals surface area contributed by atoms with Crippen LogP contribution >= 0.6 is 27.3 Å². The second-order valence-electron chi connectivity index (χ2n) is 7.47. The summed E-state index contributed by atoms with van der Waals surface area (Å²) in [6.45, 7) is 1.97. The van der Waals surface area contributed by atoms with E-state index in [1.54, 1.807) is 18.4 Å². The van der Waals surface area contributed by atoms with Crippen molar-refractivity contribution < 1.29 is 9.53 Å². The van der Waals surface area contributed by atoms with E-state index in [1.807, 2.05) is 35.2 Å². The van der Waals surface area contributed by atoms with Crippen LogP contribution in [0.4, 0.5) is 0 Å². The maximum Gasteiger partial charge on any atom is 0.270 e. The number of para-hydroxylation sites is 1. The maximum absolute atomic E-state index is 13.6. The summed E-state index contributed by atoms with van der Waals surface area (Å²) < 4.78 is 9.80. The van der Waals surface area contributed by atoms with Crippen LogP contribution in [-0.2, 0) is 19.5 Å². The lowest BCUT2D eigenvalue weighted by Crippen LogP contribution is -2.37. The van der Waals surface area contributed by atoms with Gasteiger partial charge in [-0.3, -0.25) is 4.79 Å². The molecule has 0 unspecified atom stereocenters. The van der Waals surface area contributed by atoms with E-state index >= 15 is 0 Å². The van der Waals surface area contributed by atoms with Gasteiger partial charge in [-0.25, -0.2) is 0 Å². The number of hydrogen-bond acceptors (Lipinski definition) is 3. The van der Waals surface area contributed by atoms with Gasteiger partial charge in [0.05, 0.1) is 28.3 Å². The maximum atomic E-state index is 13.6. The van der Waals surface area contributed by atoms with E-state index in [2.05, 4.69) is 50.1 Å². The summed E-state index contributed by atoms with van der Waals surface area (Å²) in [6.07, 6.45) is 0.896. The van der Waals surface area contributed by atoms with Crippen molar-refractivity contribution in [2.24, 2.45) is 0 Å². The van der Waals surface area contributed by atoms with E-state index in [9.17, 15) is 4.79 Å². The van der Waals surface area contributed by atoms with Gasteiger partial charge in [0.2, 0.25) is 0 Å². The lowest BCUT2D eigenvalue weighted by Gasteiger charge is -2.29. The summed E-state index contributed by atoms with van der Waals surface area (Å²) in [6, 6.07) is 18.4. The Morgan fingerprint density at radius 2 is 1.90 bits per heavy atom. The number of carbonyl (C=O) groups is 1. The number of benzene rings is 2. The molecule has 4 aromatic rings. The molecule has 0 aliphatic carbocycles. The van der Waals surface area contributed by atoms with Crippen LogP contribution in [0.1, 0.15) is 27.2 Å². The first-order valence-corrected chi connectivity index (χ1v) is 11.6. The Balaban J connectivity index is 1.55. The lowest BCUT2D eigenvalue weighted by atomic mass is 10.00. The number of rotatable bonds is 4. The van der Waals surface area contributed by atoms with Crippen LogP contribution in [0.5, 0.6) is 5.75 Å². The van der Waals surface area contributed by atoms with Crippen molar-refractivity contribution in [3.63, 3.8) is 0 Å². The van der Waals surface area contributed by atoms with Crippen molar-refractivity contribution in [3.8, 4) is 5.75 Å². The van der Waals surface area contributed by atoms with Gasteiger partial charge >= 0.3 is 0 Å². The molecule has 0 atom stereocenters. The summed E-state index contributed by atoms with van der Waals surface area (Å²) in [5.74, 6) is 0.908. The zero-order chi connectivity index (χ0) is 20.7. The second kappa shape index (κ2) is 7.93. The van der Waals surface area contributed by atoms with Crippen LogP contribution in [0.15, 0.2) is 64.5 Å².